The lowest BCUT2D eigenvalue weighted by atomic mass is 9.97. The predicted molar refractivity (Wildman–Crippen MR) is 77.5 cm³/mol. The maximum Gasteiger partial charge on any atom is 0.0509 e. The molecule has 1 rings (SSSR count). The molecule has 1 aromatic rings. The molecule has 0 aliphatic carbocycles. The summed E-state index contributed by atoms with van der Waals surface area (Å²) < 4.78 is 0. The Morgan fingerprint density at radius 1 is 1.29 bits per heavy atom. The summed E-state index contributed by atoms with van der Waals surface area (Å²) in [5.74, 6) is 0. The summed E-state index contributed by atoms with van der Waals surface area (Å²) in [6.45, 7) is 10.0. The van der Waals surface area contributed by atoms with Gasteiger partial charge in [-0.05, 0) is 48.7 Å². The van der Waals surface area contributed by atoms with Crippen LogP contribution in [0.5, 0.6) is 0 Å². The van der Waals surface area contributed by atoms with Crippen molar-refractivity contribution in [2.24, 2.45) is 5.73 Å². The first-order chi connectivity index (χ1) is 8.15. The molecule has 0 aromatic carbocycles. The van der Waals surface area contributed by atoms with Crippen LogP contribution in [0.4, 0.5) is 0 Å². The third-order valence-corrected chi connectivity index (χ3v) is 4.34. The lowest BCUT2D eigenvalue weighted by molar-refractivity contribution is 0.126. The maximum absolute atomic E-state index is 6.34. The topological polar surface area (TPSA) is 29.3 Å². The van der Waals surface area contributed by atoms with Gasteiger partial charge in [-0.1, -0.05) is 20.8 Å². The van der Waals surface area contributed by atoms with Gasteiger partial charge in [-0.15, -0.1) is 0 Å². The molecule has 3 atom stereocenters. The summed E-state index contributed by atoms with van der Waals surface area (Å²) in [7, 11) is 0. The molecule has 2 N–H and O–H groups in total. The highest BCUT2D eigenvalue weighted by molar-refractivity contribution is 7.07. The van der Waals surface area contributed by atoms with Crippen LogP contribution in [0.2, 0.25) is 0 Å². The Bertz CT molecular complexity index is 297. The molecule has 98 valence electrons. The van der Waals surface area contributed by atoms with E-state index in [1.165, 1.54) is 12.0 Å². The third-order valence-electron chi connectivity index (χ3n) is 3.64. The van der Waals surface area contributed by atoms with Crippen LogP contribution < -0.4 is 5.73 Å². The first-order valence-corrected chi connectivity index (χ1v) is 7.63. The smallest absolute Gasteiger partial charge is 0.0509 e. The van der Waals surface area contributed by atoms with E-state index in [-0.39, 0.29) is 6.04 Å². The lowest BCUT2D eigenvalue weighted by Gasteiger charge is -2.38. The minimum atomic E-state index is 0.221. The van der Waals surface area contributed by atoms with Crippen molar-refractivity contribution in [3.63, 3.8) is 0 Å². The molecule has 17 heavy (non-hydrogen) atoms. The standard InChI is InChI=1S/C14H26N2S/c1-5-11(4)16(7-3)14(13(15)6-2)12-8-9-17-10-12/h8-11,13-14H,5-7,15H2,1-4H3. The highest BCUT2D eigenvalue weighted by atomic mass is 32.1. The highest BCUT2D eigenvalue weighted by Crippen LogP contribution is 2.29. The number of likely N-dealkylation sites (N-methyl/N-ethyl adjacent to an activating group) is 1. The fourth-order valence-corrected chi connectivity index (χ4v) is 3.06. The Labute approximate surface area is 110 Å². The van der Waals surface area contributed by atoms with Crippen LogP contribution in [-0.4, -0.2) is 23.5 Å². The minimum absolute atomic E-state index is 0.221. The molecule has 3 unspecified atom stereocenters. The average Bonchev–Trinajstić information content (AvgIpc) is 2.87. The van der Waals surface area contributed by atoms with Gasteiger partial charge in [0.05, 0.1) is 6.04 Å². The molecule has 0 spiro atoms. The van der Waals surface area contributed by atoms with Crippen molar-refractivity contribution in [2.75, 3.05) is 6.54 Å². The molecule has 0 saturated heterocycles. The second-order valence-corrected chi connectivity index (χ2v) is 5.44. The summed E-state index contributed by atoms with van der Waals surface area (Å²) in [4.78, 5) is 2.54. The quantitative estimate of drug-likeness (QED) is 0.805. The Morgan fingerprint density at radius 2 is 2.00 bits per heavy atom. The largest absolute Gasteiger partial charge is 0.326 e. The van der Waals surface area contributed by atoms with Crippen LogP contribution in [0, 0.1) is 0 Å². The minimum Gasteiger partial charge on any atom is -0.326 e. The van der Waals surface area contributed by atoms with Gasteiger partial charge in [-0.3, -0.25) is 4.90 Å². The molecular formula is C14H26N2S. The Hall–Kier alpha value is -0.380. The second-order valence-electron chi connectivity index (χ2n) is 4.66. The van der Waals surface area contributed by atoms with E-state index < -0.39 is 0 Å². The zero-order valence-electron chi connectivity index (χ0n) is 11.5. The fourth-order valence-electron chi connectivity index (χ4n) is 2.37. The van der Waals surface area contributed by atoms with E-state index in [1.807, 2.05) is 0 Å². The average molecular weight is 254 g/mol. The van der Waals surface area contributed by atoms with E-state index in [9.17, 15) is 0 Å². The maximum atomic E-state index is 6.34. The molecule has 3 heteroatoms. The Morgan fingerprint density at radius 3 is 2.41 bits per heavy atom. The van der Waals surface area contributed by atoms with Crippen LogP contribution >= 0.6 is 11.3 Å². The van der Waals surface area contributed by atoms with Gasteiger partial charge in [0, 0.05) is 12.1 Å². The van der Waals surface area contributed by atoms with Crippen molar-refractivity contribution in [2.45, 2.75) is 58.7 Å². The second kappa shape index (κ2) is 7.14. The first kappa shape index (κ1) is 14.7. The van der Waals surface area contributed by atoms with Crippen LogP contribution in [0.25, 0.3) is 0 Å². The summed E-state index contributed by atoms with van der Waals surface area (Å²) in [6, 6.07) is 3.39. The van der Waals surface area contributed by atoms with Gasteiger partial charge in [0.2, 0.25) is 0 Å². The zero-order valence-corrected chi connectivity index (χ0v) is 12.3. The molecule has 2 nitrogen and oxygen atoms in total. The number of hydrogen-bond donors (Lipinski definition) is 1. The van der Waals surface area contributed by atoms with E-state index in [2.05, 4.69) is 49.4 Å². The molecule has 1 heterocycles. The Balaban J connectivity index is 2.96. The summed E-state index contributed by atoms with van der Waals surface area (Å²) >= 11 is 1.76. The Kier molecular flexibility index (Phi) is 6.17. The van der Waals surface area contributed by atoms with Crippen molar-refractivity contribution >= 4 is 11.3 Å². The van der Waals surface area contributed by atoms with Crippen LogP contribution in [-0.2, 0) is 0 Å². The van der Waals surface area contributed by atoms with Gasteiger partial charge in [0.25, 0.3) is 0 Å². The molecule has 0 aliphatic heterocycles. The first-order valence-electron chi connectivity index (χ1n) is 6.69. The summed E-state index contributed by atoms with van der Waals surface area (Å²) in [6.07, 6.45) is 2.19. The molecule has 0 amide bonds. The van der Waals surface area contributed by atoms with Gasteiger partial charge in [-0.25, -0.2) is 0 Å². The van der Waals surface area contributed by atoms with Crippen molar-refractivity contribution in [1.82, 2.24) is 4.90 Å². The van der Waals surface area contributed by atoms with E-state index in [4.69, 9.17) is 5.73 Å². The van der Waals surface area contributed by atoms with Gasteiger partial charge in [0.15, 0.2) is 0 Å². The molecule has 1 aromatic heterocycles. The molecule has 0 saturated carbocycles. The van der Waals surface area contributed by atoms with E-state index in [0.29, 0.717) is 12.1 Å². The van der Waals surface area contributed by atoms with Crippen molar-refractivity contribution in [1.29, 1.82) is 0 Å². The lowest BCUT2D eigenvalue weighted by Crippen LogP contribution is -2.44. The normalized spacial score (nSPS) is 17.1. The van der Waals surface area contributed by atoms with Gasteiger partial charge < -0.3 is 5.73 Å². The van der Waals surface area contributed by atoms with Crippen molar-refractivity contribution in [3.05, 3.63) is 22.4 Å². The van der Waals surface area contributed by atoms with Crippen molar-refractivity contribution < 1.29 is 0 Å². The monoisotopic (exact) mass is 254 g/mol. The third kappa shape index (κ3) is 3.54. The number of thiophene rings is 1. The van der Waals surface area contributed by atoms with Crippen molar-refractivity contribution in [3.8, 4) is 0 Å². The predicted octanol–water partition coefficient (Wildman–Crippen LogP) is 3.65. The van der Waals surface area contributed by atoms with Crippen LogP contribution in [0.15, 0.2) is 16.8 Å². The molecule has 0 aliphatic rings. The van der Waals surface area contributed by atoms with E-state index in [0.717, 1.165) is 13.0 Å². The van der Waals surface area contributed by atoms with Gasteiger partial charge in [-0.2, -0.15) is 11.3 Å². The van der Waals surface area contributed by atoms with E-state index >= 15 is 0 Å². The van der Waals surface area contributed by atoms with Gasteiger partial charge >= 0.3 is 0 Å². The number of nitrogens with zero attached hydrogens (tertiary/aromatic N) is 1. The van der Waals surface area contributed by atoms with Gasteiger partial charge in [0.1, 0.15) is 0 Å². The fraction of sp³-hybridized carbons (Fsp3) is 0.714. The molecular weight excluding hydrogens is 228 g/mol. The van der Waals surface area contributed by atoms with Crippen LogP contribution in [0.1, 0.15) is 52.1 Å². The van der Waals surface area contributed by atoms with E-state index in [1.54, 1.807) is 11.3 Å². The summed E-state index contributed by atoms with van der Waals surface area (Å²) in [5, 5.41) is 4.39. The number of rotatable bonds is 7. The zero-order chi connectivity index (χ0) is 12.8. The summed E-state index contributed by atoms with van der Waals surface area (Å²) in [5.41, 5.74) is 7.72. The SMILES string of the molecule is CCC(N)C(c1ccsc1)N(CC)C(C)CC. The van der Waals surface area contributed by atoms with Crippen LogP contribution in [0.3, 0.4) is 0 Å². The molecule has 0 radical (unpaired) electrons. The number of nitrogens with two attached hydrogens (primary N) is 1. The molecule has 0 fully saturated rings. The highest BCUT2D eigenvalue weighted by Gasteiger charge is 2.27. The molecule has 0 bridgehead atoms. The number of hydrogen-bond acceptors (Lipinski definition) is 3.